The minimum absolute atomic E-state index is 0.134. The van der Waals surface area contributed by atoms with Crippen molar-refractivity contribution >= 4 is 28.9 Å². The Morgan fingerprint density at radius 2 is 2.00 bits per heavy atom. The van der Waals surface area contributed by atoms with Crippen molar-refractivity contribution in [1.82, 2.24) is 0 Å². The maximum Gasteiger partial charge on any atom is 0.181 e. The number of aryl methyl sites for hydroxylation is 1. The Bertz CT molecular complexity index is 739. The van der Waals surface area contributed by atoms with Crippen molar-refractivity contribution in [2.75, 3.05) is 19.0 Å². The predicted molar refractivity (Wildman–Crippen MR) is 95.8 cm³/mol. The number of benzene rings is 2. The molecule has 0 spiro atoms. The van der Waals surface area contributed by atoms with Crippen LogP contribution in [-0.4, -0.2) is 13.7 Å². The average Bonchev–Trinajstić information content (AvgIpc) is 2.54. The molecule has 0 radical (unpaired) electrons. The fourth-order valence-electron chi connectivity index (χ4n) is 2.11. The van der Waals surface area contributed by atoms with Crippen LogP contribution in [0.3, 0.4) is 0 Å². The second kappa shape index (κ2) is 8.01. The van der Waals surface area contributed by atoms with Gasteiger partial charge in [0.25, 0.3) is 0 Å². The second-order valence-electron chi connectivity index (χ2n) is 4.91. The first kappa shape index (κ1) is 17.3. The summed E-state index contributed by atoms with van der Waals surface area (Å²) >= 11 is 12.3. The molecule has 2 rings (SSSR count). The lowest BCUT2D eigenvalue weighted by Crippen LogP contribution is -2.03. The second-order valence-corrected chi connectivity index (χ2v) is 5.76. The third-order valence-electron chi connectivity index (χ3n) is 3.27. The largest absolute Gasteiger partial charge is 0.493 e. The first-order valence-corrected chi connectivity index (χ1v) is 7.73. The molecule has 0 aliphatic heterocycles. The van der Waals surface area contributed by atoms with Gasteiger partial charge in [0.05, 0.1) is 12.1 Å². The molecule has 0 atom stereocenters. The lowest BCUT2D eigenvalue weighted by atomic mass is 10.1. The minimum atomic E-state index is 0.134. The van der Waals surface area contributed by atoms with E-state index in [1.165, 1.54) is 0 Å². The molecular formula is C18H17Cl2NO2. The van der Waals surface area contributed by atoms with E-state index >= 15 is 0 Å². The molecule has 23 heavy (non-hydrogen) atoms. The fraction of sp³-hybridized carbons (Fsp3) is 0.222. The predicted octanol–water partition coefficient (Wildman–Crippen LogP) is 4.93. The summed E-state index contributed by atoms with van der Waals surface area (Å²) in [6.45, 7) is 2.73. The smallest absolute Gasteiger partial charge is 0.181 e. The Morgan fingerprint density at radius 3 is 2.70 bits per heavy atom. The molecule has 0 saturated carbocycles. The molecule has 0 bridgehead atoms. The number of anilines is 1. The highest BCUT2D eigenvalue weighted by atomic mass is 35.5. The van der Waals surface area contributed by atoms with Crippen LogP contribution >= 0.6 is 23.2 Å². The minimum Gasteiger partial charge on any atom is -0.493 e. The summed E-state index contributed by atoms with van der Waals surface area (Å²) in [6.07, 6.45) is 5.21. The molecule has 0 amide bonds. The van der Waals surface area contributed by atoms with Crippen molar-refractivity contribution in [2.24, 2.45) is 0 Å². The zero-order valence-corrected chi connectivity index (χ0v) is 14.5. The van der Waals surface area contributed by atoms with Crippen LogP contribution in [0.25, 0.3) is 0 Å². The van der Waals surface area contributed by atoms with Crippen LogP contribution in [0.4, 0.5) is 5.69 Å². The van der Waals surface area contributed by atoms with E-state index in [4.69, 9.17) is 39.1 Å². The highest BCUT2D eigenvalue weighted by molar-refractivity contribution is 6.32. The lowest BCUT2D eigenvalue weighted by Gasteiger charge is -2.14. The van der Waals surface area contributed by atoms with Crippen molar-refractivity contribution in [3.63, 3.8) is 0 Å². The normalized spacial score (nSPS) is 10.0. The van der Waals surface area contributed by atoms with E-state index in [-0.39, 0.29) is 6.61 Å². The molecule has 0 aromatic heterocycles. The summed E-state index contributed by atoms with van der Waals surface area (Å²) in [7, 11) is 1.56. The van der Waals surface area contributed by atoms with Gasteiger partial charge in [-0.25, -0.2) is 0 Å². The zero-order chi connectivity index (χ0) is 16.8. The van der Waals surface area contributed by atoms with Gasteiger partial charge in [-0.2, -0.15) is 0 Å². The molecule has 0 fully saturated rings. The van der Waals surface area contributed by atoms with Crippen LogP contribution in [-0.2, 0) is 6.54 Å². The number of ether oxygens (including phenoxy) is 2. The maximum absolute atomic E-state index is 6.26. The van der Waals surface area contributed by atoms with Gasteiger partial charge in [0.1, 0.15) is 6.61 Å². The molecule has 2 aromatic rings. The molecule has 3 nitrogen and oxygen atoms in total. The molecule has 0 heterocycles. The first-order valence-electron chi connectivity index (χ1n) is 6.98. The van der Waals surface area contributed by atoms with Crippen LogP contribution in [0.5, 0.6) is 11.5 Å². The van der Waals surface area contributed by atoms with E-state index in [0.717, 1.165) is 16.8 Å². The van der Waals surface area contributed by atoms with Gasteiger partial charge in [-0.1, -0.05) is 35.2 Å². The molecule has 5 heteroatoms. The summed E-state index contributed by atoms with van der Waals surface area (Å²) in [5, 5.41) is 4.48. The van der Waals surface area contributed by atoms with Crippen molar-refractivity contribution in [2.45, 2.75) is 13.5 Å². The molecule has 1 N–H and O–H groups in total. The standard InChI is InChI=1S/C18H17Cl2NO2/c1-4-7-23-18-15(20)8-13(9-17(18)22-3)11-21-16-10-14(19)6-5-12(16)2/h1,5-6,8-10,21H,7,11H2,2-3H3. The average molecular weight is 350 g/mol. The van der Waals surface area contributed by atoms with E-state index in [0.29, 0.717) is 28.1 Å². The summed E-state index contributed by atoms with van der Waals surface area (Å²) in [5.74, 6) is 3.41. The lowest BCUT2D eigenvalue weighted by molar-refractivity contribution is 0.331. The van der Waals surface area contributed by atoms with Crippen molar-refractivity contribution in [1.29, 1.82) is 0 Å². The van der Waals surface area contributed by atoms with Gasteiger partial charge in [-0.15, -0.1) is 6.42 Å². The third-order valence-corrected chi connectivity index (χ3v) is 3.79. The molecular weight excluding hydrogens is 333 g/mol. The molecule has 0 unspecified atom stereocenters. The van der Waals surface area contributed by atoms with Gasteiger partial charge in [-0.3, -0.25) is 0 Å². The van der Waals surface area contributed by atoms with Gasteiger partial charge in [0, 0.05) is 17.3 Å². The molecule has 2 aromatic carbocycles. The summed E-state index contributed by atoms with van der Waals surface area (Å²) < 4.78 is 10.8. The number of hydrogen-bond donors (Lipinski definition) is 1. The van der Waals surface area contributed by atoms with E-state index < -0.39 is 0 Å². The van der Waals surface area contributed by atoms with Crippen LogP contribution in [0, 0.1) is 19.3 Å². The summed E-state index contributed by atoms with van der Waals surface area (Å²) in [5.41, 5.74) is 3.04. The highest BCUT2D eigenvalue weighted by Crippen LogP contribution is 2.36. The van der Waals surface area contributed by atoms with E-state index in [9.17, 15) is 0 Å². The summed E-state index contributed by atoms with van der Waals surface area (Å²) in [6, 6.07) is 9.40. The number of methoxy groups -OCH3 is 1. The maximum atomic E-state index is 6.26. The van der Waals surface area contributed by atoms with Crippen molar-refractivity contribution < 1.29 is 9.47 Å². The Kier molecular flexibility index (Phi) is 6.04. The third kappa shape index (κ3) is 4.48. The Hall–Kier alpha value is -2.02. The number of rotatable bonds is 6. The Balaban J connectivity index is 2.19. The number of hydrogen-bond acceptors (Lipinski definition) is 3. The molecule has 0 aliphatic carbocycles. The Morgan fingerprint density at radius 1 is 1.22 bits per heavy atom. The molecule has 0 saturated heterocycles. The quantitative estimate of drug-likeness (QED) is 0.749. The number of halogens is 2. The SMILES string of the molecule is C#CCOc1c(Cl)cc(CNc2cc(Cl)ccc2C)cc1OC. The number of nitrogens with one attached hydrogen (secondary N) is 1. The van der Waals surface area contributed by atoms with Crippen molar-refractivity contribution in [3.05, 3.63) is 51.5 Å². The van der Waals surface area contributed by atoms with E-state index in [1.54, 1.807) is 7.11 Å². The van der Waals surface area contributed by atoms with Crippen LogP contribution in [0.15, 0.2) is 30.3 Å². The van der Waals surface area contributed by atoms with Crippen molar-refractivity contribution in [3.8, 4) is 23.8 Å². The topological polar surface area (TPSA) is 30.5 Å². The van der Waals surface area contributed by atoms with Crippen LogP contribution < -0.4 is 14.8 Å². The highest BCUT2D eigenvalue weighted by Gasteiger charge is 2.12. The first-order chi connectivity index (χ1) is 11.0. The summed E-state index contributed by atoms with van der Waals surface area (Å²) in [4.78, 5) is 0. The fourth-order valence-corrected chi connectivity index (χ4v) is 2.57. The Labute approximate surface area is 146 Å². The molecule has 0 aliphatic rings. The van der Waals surface area contributed by atoms with Gasteiger partial charge in [0.15, 0.2) is 11.5 Å². The van der Waals surface area contributed by atoms with Gasteiger partial charge < -0.3 is 14.8 Å². The molecule has 120 valence electrons. The van der Waals surface area contributed by atoms with Gasteiger partial charge >= 0.3 is 0 Å². The van der Waals surface area contributed by atoms with Crippen LogP contribution in [0.1, 0.15) is 11.1 Å². The van der Waals surface area contributed by atoms with E-state index in [2.05, 4.69) is 11.2 Å². The van der Waals surface area contributed by atoms with Crippen LogP contribution in [0.2, 0.25) is 10.0 Å². The van der Waals surface area contributed by atoms with Gasteiger partial charge in [0.2, 0.25) is 0 Å². The van der Waals surface area contributed by atoms with E-state index in [1.807, 2.05) is 37.3 Å². The number of terminal acetylenes is 1. The van der Waals surface area contributed by atoms with Gasteiger partial charge in [-0.05, 0) is 42.3 Å². The monoisotopic (exact) mass is 349 g/mol. The zero-order valence-electron chi connectivity index (χ0n) is 13.0.